The van der Waals surface area contributed by atoms with Crippen LogP contribution in [0.1, 0.15) is 95.8 Å². The van der Waals surface area contributed by atoms with Gasteiger partial charge in [0.15, 0.2) is 11.6 Å². The van der Waals surface area contributed by atoms with Gasteiger partial charge in [-0.2, -0.15) is 0 Å². The van der Waals surface area contributed by atoms with E-state index in [1.807, 2.05) is 38.1 Å². The third-order valence-corrected chi connectivity index (χ3v) is 16.1. The zero-order valence-corrected chi connectivity index (χ0v) is 48.3. The van der Waals surface area contributed by atoms with Crippen LogP contribution in [0.3, 0.4) is 0 Å². The van der Waals surface area contributed by atoms with Crippen LogP contribution < -0.4 is 43.5 Å². The number of carboxylic acid groups (broad SMARTS) is 1. The molecular weight excluding hydrogens is 1100 g/mol. The van der Waals surface area contributed by atoms with Crippen molar-refractivity contribution in [3.63, 3.8) is 0 Å². The first-order valence-corrected chi connectivity index (χ1v) is 28.7. The van der Waals surface area contributed by atoms with Crippen molar-refractivity contribution < 1.29 is 63.0 Å². The number of benzene rings is 3. The highest BCUT2D eigenvalue weighted by Gasteiger charge is 2.56. The van der Waals surface area contributed by atoms with Gasteiger partial charge in [-0.25, -0.2) is 10.4 Å². The zero-order valence-electron chi connectivity index (χ0n) is 48.3. The summed E-state index contributed by atoms with van der Waals surface area (Å²) < 4.78 is 0. The summed E-state index contributed by atoms with van der Waals surface area (Å²) in [6, 6.07) is 12.8. The summed E-state index contributed by atoms with van der Waals surface area (Å²) in [6.45, 7) is 6.40. The number of aromatic amines is 1. The number of hydrazine groups is 1. The predicted octanol–water partition coefficient (Wildman–Crippen LogP) is 0.158. The molecule has 1 spiro atoms. The van der Waals surface area contributed by atoms with E-state index >= 15 is 9.59 Å². The molecule has 3 aliphatic heterocycles. The first kappa shape index (κ1) is 64.0. The van der Waals surface area contributed by atoms with Crippen molar-refractivity contribution in [2.75, 3.05) is 26.2 Å². The molecule has 1 aromatic heterocycles. The number of rotatable bonds is 30. The van der Waals surface area contributed by atoms with Gasteiger partial charge in [0.2, 0.25) is 47.3 Å². The summed E-state index contributed by atoms with van der Waals surface area (Å²) in [4.78, 5) is 155. The predicted molar refractivity (Wildman–Crippen MR) is 310 cm³/mol. The lowest BCUT2D eigenvalue weighted by molar-refractivity contribution is -0.146. The Labute approximate surface area is 492 Å². The van der Waals surface area contributed by atoms with Crippen LogP contribution in [0.15, 0.2) is 85.1 Å². The molecule has 3 aliphatic rings. The van der Waals surface area contributed by atoms with Crippen LogP contribution in [-0.2, 0) is 72.0 Å². The van der Waals surface area contributed by atoms with Crippen molar-refractivity contribution >= 4 is 75.7 Å². The van der Waals surface area contributed by atoms with Gasteiger partial charge < -0.3 is 57.7 Å². The van der Waals surface area contributed by atoms with Gasteiger partial charge in [-0.15, -0.1) is 0 Å². The van der Waals surface area contributed by atoms with Crippen LogP contribution >= 0.6 is 0 Å². The molecule has 3 fully saturated rings. The fourth-order valence-electron chi connectivity index (χ4n) is 11.4. The Bertz CT molecular complexity index is 3120. The number of aliphatic carboxylic acids is 1. The number of aromatic hydroxyl groups is 1. The SMILES string of the molecule is CC(=O)C(C)NC(=O)[C@H](CC(=O)O)NC(=O)[C@@H]1CCCN1C(=O)[C@H](CC(N)=O)NCC(=O)[C@H](Cc1ccccc1)NC(=O)[C@H](Cc1ccc(O)cc1)NN1CCC[C@@]12CCN([C@@H](CC(C)C)C(=O)N[C@@H](Cc1c[nH]c3ccccc13)C(N)=O)C2=O. The second-order valence-electron chi connectivity index (χ2n) is 22.8. The van der Waals surface area contributed by atoms with Gasteiger partial charge in [0, 0.05) is 43.2 Å². The number of primary amides is 2. The summed E-state index contributed by atoms with van der Waals surface area (Å²) in [5.41, 5.74) is 16.6. The zero-order chi connectivity index (χ0) is 61.7. The summed E-state index contributed by atoms with van der Waals surface area (Å²) in [5.74, 6) is -8.30. The number of amides is 8. The lowest BCUT2D eigenvalue weighted by atomic mass is 9.94. The minimum absolute atomic E-state index is 0.00341. The topological polar surface area (TPSA) is 378 Å². The van der Waals surface area contributed by atoms with Crippen LogP contribution in [0.25, 0.3) is 10.9 Å². The molecule has 0 bridgehead atoms. The highest BCUT2D eigenvalue weighted by molar-refractivity contribution is 5.99. The van der Waals surface area contributed by atoms with Crippen molar-refractivity contribution in [3.05, 3.63) is 102 Å². The number of fused-ring (bicyclic) bond motifs is 1. The average molecular weight is 1180 g/mol. The van der Waals surface area contributed by atoms with E-state index in [0.29, 0.717) is 36.9 Å². The molecule has 4 heterocycles. The van der Waals surface area contributed by atoms with Crippen LogP contribution in [0.5, 0.6) is 5.75 Å². The molecule has 25 nitrogen and oxygen atoms in total. The fraction of sp³-hybridized carbons (Fsp3) is 0.483. The van der Waals surface area contributed by atoms with Crippen molar-refractivity contribution in [1.82, 2.24) is 51.8 Å². The minimum atomic E-state index is -1.61. The second-order valence-corrected chi connectivity index (χ2v) is 22.8. The van der Waals surface area contributed by atoms with E-state index in [1.165, 1.54) is 26.0 Å². The number of nitrogens with one attached hydrogen (secondary N) is 7. The van der Waals surface area contributed by atoms with Gasteiger partial charge in [-0.1, -0.05) is 74.5 Å². The molecule has 456 valence electrons. The normalized spacial score (nSPS) is 19.4. The quantitative estimate of drug-likeness (QED) is 0.0331. The number of carboxylic acids is 1. The van der Waals surface area contributed by atoms with E-state index < -0.39 is 132 Å². The lowest BCUT2D eigenvalue weighted by Gasteiger charge is -2.37. The Hall–Kier alpha value is -8.55. The number of nitrogens with two attached hydrogens (primary N) is 2. The van der Waals surface area contributed by atoms with Crippen molar-refractivity contribution in [2.45, 2.75) is 152 Å². The number of phenols is 1. The van der Waals surface area contributed by atoms with Gasteiger partial charge in [-0.3, -0.25) is 58.1 Å². The number of likely N-dealkylation sites (tertiary alicyclic amines) is 2. The lowest BCUT2D eigenvalue weighted by Crippen LogP contribution is -2.63. The highest BCUT2D eigenvalue weighted by Crippen LogP contribution is 2.39. The first-order valence-electron chi connectivity index (χ1n) is 28.7. The van der Waals surface area contributed by atoms with Crippen molar-refractivity contribution in [1.29, 1.82) is 0 Å². The van der Waals surface area contributed by atoms with Crippen molar-refractivity contribution in [2.24, 2.45) is 17.4 Å². The van der Waals surface area contributed by atoms with Crippen LogP contribution in [0, 0.1) is 5.92 Å². The number of para-hydroxylation sites is 1. The van der Waals surface area contributed by atoms with Crippen LogP contribution in [0.2, 0.25) is 0 Å². The molecule has 1 unspecified atom stereocenters. The molecule has 8 amide bonds. The van der Waals surface area contributed by atoms with E-state index in [4.69, 9.17) is 11.5 Å². The third kappa shape index (κ3) is 16.4. The second kappa shape index (κ2) is 28.8. The molecule has 9 atom stereocenters. The molecule has 0 saturated carbocycles. The maximum absolute atomic E-state index is 15.1. The number of carbonyl (C=O) groups excluding carboxylic acids is 10. The summed E-state index contributed by atoms with van der Waals surface area (Å²) in [5, 5.41) is 35.7. The molecule has 3 aromatic carbocycles. The number of Topliss-reactive ketones (excluding diaryl/α,β-unsaturated/α-hetero) is 2. The standard InChI is InChI=1S/C60H78N12O13/c1-34(2)26-49(57(83)67-44(53(62)79)29-39-32-63-42-15-9-8-14-41(39)42)71-25-22-60(59(71)85)21-11-24-72(60)69-46(28-38-17-19-40(74)20-18-38)55(81)66-43(27-37-12-6-5-7-13-37)50(75)33-64-47(30-51(61)76)58(84)70-23-10-16-48(70)56(82)68-45(31-52(77)78)54(80)65-35(3)36(4)73/h5-9,12-15,17-20,32,34-35,43-49,63-64,69,74H,10-11,16,21-31,33H2,1-4H3,(H2,61,76)(H2,62,79)(H,65,80)(H,66,81)(H,67,83)(H,68,82)(H,77,78)/t35?,43-,44-,45-,46-,47-,48-,49-,60-/m0/s1. The van der Waals surface area contributed by atoms with Gasteiger partial charge in [0.25, 0.3) is 0 Å². The van der Waals surface area contributed by atoms with Crippen LogP contribution in [-0.4, -0.2) is 175 Å². The minimum Gasteiger partial charge on any atom is -0.508 e. The van der Waals surface area contributed by atoms with E-state index in [-0.39, 0.29) is 69.2 Å². The smallest absolute Gasteiger partial charge is 0.305 e. The molecular formula is C60H78N12O13. The molecule has 0 aliphatic carbocycles. The van der Waals surface area contributed by atoms with Crippen LogP contribution in [0.4, 0.5) is 0 Å². The monoisotopic (exact) mass is 1170 g/mol. The van der Waals surface area contributed by atoms with Crippen molar-refractivity contribution in [3.8, 4) is 5.75 Å². The Balaban J connectivity index is 1.09. The Morgan fingerprint density at radius 1 is 0.706 bits per heavy atom. The number of ketones is 2. The van der Waals surface area contributed by atoms with Gasteiger partial charge in [0.05, 0.1) is 37.5 Å². The van der Waals surface area contributed by atoms with E-state index in [2.05, 4.69) is 37.0 Å². The molecule has 0 radical (unpaired) electrons. The number of hydrogen-bond donors (Lipinski definition) is 11. The highest BCUT2D eigenvalue weighted by atomic mass is 16.4. The van der Waals surface area contributed by atoms with Gasteiger partial charge in [0.1, 0.15) is 41.5 Å². The molecule has 85 heavy (non-hydrogen) atoms. The Morgan fingerprint density at radius 2 is 1.36 bits per heavy atom. The molecule has 4 aromatic rings. The molecule has 13 N–H and O–H groups in total. The maximum atomic E-state index is 15.1. The van der Waals surface area contributed by atoms with Gasteiger partial charge >= 0.3 is 5.97 Å². The van der Waals surface area contributed by atoms with E-state index in [9.17, 15) is 53.4 Å². The largest absolute Gasteiger partial charge is 0.508 e. The number of nitrogens with zero attached hydrogens (tertiary/aromatic N) is 3. The number of phenolic OH excluding ortho intramolecular Hbond substituents is 1. The number of H-pyrrole nitrogens is 1. The number of aromatic nitrogens is 1. The van der Waals surface area contributed by atoms with E-state index in [1.54, 1.807) is 58.6 Å². The summed E-state index contributed by atoms with van der Waals surface area (Å²) >= 11 is 0. The third-order valence-electron chi connectivity index (χ3n) is 16.1. The fourth-order valence-corrected chi connectivity index (χ4v) is 11.4. The number of hydrogen-bond acceptors (Lipinski definition) is 15. The Morgan fingerprint density at radius 3 is 2.04 bits per heavy atom. The number of carbonyl (C=O) groups is 11. The van der Waals surface area contributed by atoms with Gasteiger partial charge in [-0.05, 0) is 106 Å². The molecule has 7 rings (SSSR count). The summed E-state index contributed by atoms with van der Waals surface area (Å²) in [7, 11) is 0. The maximum Gasteiger partial charge on any atom is 0.305 e. The van der Waals surface area contributed by atoms with E-state index in [0.717, 1.165) is 21.4 Å². The summed E-state index contributed by atoms with van der Waals surface area (Å²) in [6.07, 6.45) is 2.27. The first-order chi connectivity index (χ1) is 40.4. The average Bonchev–Trinajstić information content (AvgIpc) is 2.17. The Kier molecular flexibility index (Phi) is 21.7. The molecule has 3 saturated heterocycles. The molecule has 25 heteroatoms.